The Bertz CT molecular complexity index is 1000. The van der Waals surface area contributed by atoms with E-state index in [0.29, 0.717) is 30.8 Å². The van der Waals surface area contributed by atoms with E-state index < -0.39 is 41.6 Å². The van der Waals surface area contributed by atoms with Gasteiger partial charge in [-0.1, -0.05) is 26.2 Å². The molecule has 13 nitrogen and oxygen atoms in total. The number of carboxylic acids is 1. The third kappa shape index (κ3) is 7.94. The summed E-state index contributed by atoms with van der Waals surface area (Å²) < 4.78 is 10.8. The average molecular weight is 536 g/mol. The van der Waals surface area contributed by atoms with Gasteiger partial charge in [0.15, 0.2) is 0 Å². The lowest BCUT2D eigenvalue weighted by Gasteiger charge is -2.33. The van der Waals surface area contributed by atoms with Gasteiger partial charge in [0.1, 0.15) is 24.2 Å². The normalized spacial score (nSPS) is 21.3. The minimum Gasteiger partial charge on any atom is -0.497 e. The van der Waals surface area contributed by atoms with E-state index in [1.165, 1.54) is 12.0 Å². The van der Waals surface area contributed by atoms with Crippen molar-refractivity contribution in [3.63, 3.8) is 0 Å². The van der Waals surface area contributed by atoms with Crippen LogP contribution in [0.5, 0.6) is 5.75 Å². The number of aromatic nitrogens is 1. The molecule has 3 rings (SSSR count). The van der Waals surface area contributed by atoms with Crippen LogP contribution < -0.4 is 20.7 Å². The first-order valence-electron chi connectivity index (χ1n) is 12.8. The Morgan fingerprint density at radius 3 is 2.61 bits per heavy atom. The molecule has 0 bridgehead atoms. The highest BCUT2D eigenvalue weighted by Gasteiger charge is 2.37. The van der Waals surface area contributed by atoms with Crippen LogP contribution in [0.15, 0.2) is 18.3 Å². The number of hydrogen-bond acceptors (Lipinski definition) is 8. The molecule has 3 atom stereocenters. The number of carbonyl (C=O) groups excluding carboxylic acids is 2. The first-order valence-corrected chi connectivity index (χ1v) is 12.8. The van der Waals surface area contributed by atoms with Gasteiger partial charge in [-0.15, -0.1) is 0 Å². The number of anilines is 1. The van der Waals surface area contributed by atoms with Crippen LogP contribution in [0.25, 0.3) is 0 Å². The number of methoxy groups -OCH3 is 1. The third-order valence-electron chi connectivity index (χ3n) is 7.17. The molecule has 1 aliphatic carbocycles. The number of nitrogens with zero attached hydrogens (tertiary/aromatic N) is 2. The lowest BCUT2D eigenvalue weighted by atomic mass is 9.75. The number of rotatable bonds is 12. The maximum Gasteiger partial charge on any atom is 0.407 e. The molecule has 0 aromatic carbocycles. The fraction of sp³-hybridized carbons (Fsp3) is 0.640. The fourth-order valence-electron chi connectivity index (χ4n) is 4.83. The van der Waals surface area contributed by atoms with Crippen LogP contribution in [0.4, 0.5) is 10.6 Å². The zero-order valence-corrected chi connectivity index (χ0v) is 21.8. The summed E-state index contributed by atoms with van der Waals surface area (Å²) in [6, 6.07) is 1.73. The van der Waals surface area contributed by atoms with E-state index in [1.54, 1.807) is 18.3 Å². The van der Waals surface area contributed by atoms with Gasteiger partial charge < -0.3 is 40.5 Å². The second kappa shape index (κ2) is 13.3. The number of aliphatic carboxylic acids is 1. The van der Waals surface area contributed by atoms with Crippen molar-refractivity contribution >= 4 is 29.7 Å². The molecule has 210 valence electrons. The van der Waals surface area contributed by atoms with Crippen LogP contribution in [0, 0.1) is 5.41 Å². The van der Waals surface area contributed by atoms with Crippen LogP contribution in [-0.2, 0) is 19.1 Å². The maximum absolute atomic E-state index is 12.7. The highest BCUT2D eigenvalue weighted by atomic mass is 16.5. The number of amides is 3. The van der Waals surface area contributed by atoms with Crippen molar-refractivity contribution in [2.24, 2.45) is 5.41 Å². The third-order valence-corrected chi connectivity index (χ3v) is 7.17. The fourth-order valence-corrected chi connectivity index (χ4v) is 4.83. The number of ether oxygens (including phenoxy) is 2. The van der Waals surface area contributed by atoms with Crippen LogP contribution in [0.3, 0.4) is 0 Å². The lowest BCUT2D eigenvalue weighted by Crippen LogP contribution is -2.53. The zero-order chi connectivity index (χ0) is 27.7. The molecule has 5 N–H and O–H groups in total. The van der Waals surface area contributed by atoms with Gasteiger partial charge in [-0.2, -0.15) is 0 Å². The smallest absolute Gasteiger partial charge is 0.407 e. The zero-order valence-electron chi connectivity index (χ0n) is 21.8. The minimum absolute atomic E-state index is 0.0902. The molecule has 1 aromatic heterocycles. The molecule has 1 aromatic rings. The van der Waals surface area contributed by atoms with Crippen LogP contribution >= 0.6 is 0 Å². The highest BCUT2D eigenvalue weighted by Crippen LogP contribution is 2.35. The maximum atomic E-state index is 12.7. The number of carboxylic acid groups (broad SMARTS) is 2. The van der Waals surface area contributed by atoms with Crippen molar-refractivity contribution < 1.29 is 38.9 Å². The monoisotopic (exact) mass is 535 g/mol. The van der Waals surface area contributed by atoms with E-state index in [1.807, 2.05) is 6.92 Å². The molecule has 3 amide bonds. The molecule has 0 radical (unpaired) electrons. The van der Waals surface area contributed by atoms with Crippen molar-refractivity contribution in [1.82, 2.24) is 20.5 Å². The Labute approximate surface area is 221 Å². The second-order valence-electron chi connectivity index (χ2n) is 10.0. The summed E-state index contributed by atoms with van der Waals surface area (Å²) in [4.78, 5) is 53.8. The molecular formula is C25H37N5O8. The lowest BCUT2D eigenvalue weighted by molar-refractivity contribution is -0.144. The molecule has 2 heterocycles. The van der Waals surface area contributed by atoms with E-state index in [4.69, 9.17) is 9.47 Å². The molecule has 3 unspecified atom stereocenters. The Kier molecular flexibility index (Phi) is 10.1. The standard InChI is InChI=1S/C25H37N5O8/c1-25(7-4-3-5-8-25)23(34)29-19(22(32)33)13-28-21(31)15-38-18-10-16(30(14-18)24(35)36)12-27-20-11-17(37-2)6-9-26-20/h6,9,11,16,18-19H,3-5,7-8,10,12-15H2,1-2H3,(H,26,27)(H,28,31)(H,29,34)(H,32,33)(H,35,36). The number of carbonyl (C=O) groups is 4. The second-order valence-corrected chi connectivity index (χ2v) is 10.0. The highest BCUT2D eigenvalue weighted by molar-refractivity contribution is 5.88. The summed E-state index contributed by atoms with van der Waals surface area (Å²) in [6.07, 6.45) is 4.63. The molecule has 0 spiro atoms. The largest absolute Gasteiger partial charge is 0.497 e. The van der Waals surface area contributed by atoms with E-state index in [0.717, 1.165) is 19.3 Å². The van der Waals surface area contributed by atoms with Gasteiger partial charge in [0, 0.05) is 30.8 Å². The van der Waals surface area contributed by atoms with Crippen molar-refractivity contribution in [1.29, 1.82) is 0 Å². The topological polar surface area (TPSA) is 179 Å². The number of nitrogens with one attached hydrogen (secondary N) is 3. The van der Waals surface area contributed by atoms with E-state index >= 15 is 0 Å². The molecule has 2 aliphatic rings. The van der Waals surface area contributed by atoms with Crippen LogP contribution in [0.1, 0.15) is 45.4 Å². The first-order chi connectivity index (χ1) is 18.1. The van der Waals surface area contributed by atoms with Gasteiger partial charge in [0.05, 0.1) is 25.8 Å². The predicted octanol–water partition coefficient (Wildman–Crippen LogP) is 1.30. The molecule has 1 saturated carbocycles. The SMILES string of the molecule is COc1ccnc(NCC2CC(OCC(=O)NCC(NC(=O)C3(C)CCCCC3)C(=O)O)CN2C(=O)O)c1. The minimum atomic E-state index is -1.26. The van der Waals surface area contributed by atoms with Gasteiger partial charge in [-0.25, -0.2) is 14.6 Å². The Hall–Kier alpha value is -3.61. The number of pyridine rings is 1. The molecule has 2 fully saturated rings. The Balaban J connectivity index is 1.45. The summed E-state index contributed by atoms with van der Waals surface area (Å²) >= 11 is 0. The average Bonchev–Trinajstić information content (AvgIpc) is 3.32. The van der Waals surface area contributed by atoms with Gasteiger partial charge >= 0.3 is 12.1 Å². The van der Waals surface area contributed by atoms with Crippen LogP contribution in [0.2, 0.25) is 0 Å². The molecule has 1 aliphatic heterocycles. The van der Waals surface area contributed by atoms with E-state index in [2.05, 4.69) is 20.9 Å². The molecular weight excluding hydrogens is 498 g/mol. The molecule has 1 saturated heterocycles. The summed E-state index contributed by atoms with van der Waals surface area (Å²) in [6.45, 7) is 1.56. The predicted molar refractivity (Wildman–Crippen MR) is 136 cm³/mol. The van der Waals surface area contributed by atoms with Crippen molar-refractivity contribution in [3.05, 3.63) is 18.3 Å². The van der Waals surface area contributed by atoms with Gasteiger partial charge in [-0.3, -0.25) is 9.59 Å². The molecule has 38 heavy (non-hydrogen) atoms. The van der Waals surface area contributed by atoms with Gasteiger partial charge in [-0.05, 0) is 25.3 Å². The van der Waals surface area contributed by atoms with Crippen LogP contribution in [-0.4, -0.2) is 95.5 Å². The summed E-state index contributed by atoms with van der Waals surface area (Å²) in [7, 11) is 1.54. The summed E-state index contributed by atoms with van der Waals surface area (Å²) in [5.41, 5.74) is -0.606. The Morgan fingerprint density at radius 2 is 1.95 bits per heavy atom. The van der Waals surface area contributed by atoms with Gasteiger partial charge in [0.25, 0.3) is 0 Å². The van der Waals surface area contributed by atoms with Gasteiger partial charge in [0.2, 0.25) is 11.8 Å². The Morgan fingerprint density at radius 1 is 1.21 bits per heavy atom. The molecule has 13 heteroatoms. The quantitative estimate of drug-likeness (QED) is 0.262. The van der Waals surface area contributed by atoms with Crippen molar-refractivity contribution in [3.8, 4) is 5.75 Å². The van der Waals surface area contributed by atoms with E-state index in [9.17, 15) is 29.4 Å². The van der Waals surface area contributed by atoms with Crippen molar-refractivity contribution in [2.45, 2.75) is 63.6 Å². The van der Waals surface area contributed by atoms with Crippen molar-refractivity contribution in [2.75, 3.05) is 38.7 Å². The summed E-state index contributed by atoms with van der Waals surface area (Å²) in [5.74, 6) is -0.968. The first kappa shape index (κ1) is 29.0. The van der Waals surface area contributed by atoms with E-state index in [-0.39, 0.29) is 32.1 Å². The number of likely N-dealkylation sites (tertiary alicyclic amines) is 1. The number of hydrogen-bond donors (Lipinski definition) is 5. The summed E-state index contributed by atoms with van der Waals surface area (Å²) in [5, 5.41) is 27.2.